The number of aliphatic carboxylic acids is 1. The summed E-state index contributed by atoms with van der Waals surface area (Å²) < 4.78 is 0. The molecule has 0 heterocycles. The number of carboxylic acid groups (broad SMARTS) is 1. The van der Waals surface area contributed by atoms with Crippen LogP contribution in [-0.2, 0) is 9.63 Å². The van der Waals surface area contributed by atoms with Gasteiger partial charge in [-0.25, -0.2) is 4.79 Å². The Hall–Kier alpha value is -1.62. The molecule has 6 atom stereocenters. The monoisotopic (exact) mass is 373 g/mol. The number of hydrogen-bond donors (Lipinski definition) is 2. The number of oxime groups is 1. The van der Waals surface area contributed by atoms with Crippen LogP contribution in [0, 0.1) is 28.6 Å². The van der Waals surface area contributed by atoms with Crippen LogP contribution in [0.1, 0.15) is 59.3 Å². The first-order valence-electron chi connectivity index (χ1n) is 10.2. The van der Waals surface area contributed by atoms with Crippen molar-refractivity contribution < 1.29 is 19.8 Å². The minimum Gasteiger partial charge on any atom is -0.479 e. The summed E-state index contributed by atoms with van der Waals surface area (Å²) in [4.78, 5) is 15.5. The van der Waals surface area contributed by atoms with Gasteiger partial charge in [0.1, 0.15) is 5.71 Å². The average Bonchev–Trinajstić information content (AvgIpc) is 2.84. The van der Waals surface area contributed by atoms with Crippen molar-refractivity contribution in [3.63, 3.8) is 0 Å². The number of hydrogen-bond acceptors (Lipinski definition) is 4. The van der Waals surface area contributed by atoms with Gasteiger partial charge in [-0.05, 0) is 80.8 Å². The first kappa shape index (κ1) is 18.7. The van der Waals surface area contributed by atoms with Crippen LogP contribution < -0.4 is 0 Å². The molecule has 0 saturated heterocycles. The number of aliphatic hydroxyl groups is 1. The van der Waals surface area contributed by atoms with Crippen molar-refractivity contribution in [2.45, 2.75) is 64.9 Å². The summed E-state index contributed by atoms with van der Waals surface area (Å²) in [6, 6.07) is 0. The summed E-state index contributed by atoms with van der Waals surface area (Å²) in [6.07, 6.45) is 12.8. The standard InChI is InChI=1S/C22H31NO4/c1-20-9-6-15(23-27-13-19(24)25)12-14(20)4-5-16-17(20)7-10-21(2)18(16)8-11-22(21,3)26/h6,9,12,16-18,26H,4-5,7-8,10-11,13H2,1-3H3,(H,24,25)/b23-15-/t16-,17-,18-,20+,21+,22+/m1/s1. The fourth-order valence-electron chi connectivity index (χ4n) is 6.67. The highest BCUT2D eigenvalue weighted by molar-refractivity contribution is 6.05. The summed E-state index contributed by atoms with van der Waals surface area (Å²) in [6.45, 7) is 6.29. The van der Waals surface area contributed by atoms with Crippen molar-refractivity contribution in [2.75, 3.05) is 6.61 Å². The first-order chi connectivity index (χ1) is 12.7. The maximum absolute atomic E-state index is 11.0. The lowest BCUT2D eigenvalue weighted by atomic mass is 9.47. The molecule has 0 unspecified atom stereocenters. The molecule has 0 aliphatic heterocycles. The fraction of sp³-hybridized carbons (Fsp3) is 0.727. The second-order valence-corrected chi connectivity index (χ2v) is 9.65. The zero-order chi connectivity index (χ0) is 19.4. The third-order valence-electron chi connectivity index (χ3n) is 8.49. The molecule has 3 saturated carbocycles. The van der Waals surface area contributed by atoms with E-state index >= 15 is 0 Å². The second kappa shape index (κ2) is 6.20. The van der Waals surface area contributed by atoms with E-state index < -0.39 is 18.2 Å². The molecule has 4 aliphatic rings. The van der Waals surface area contributed by atoms with E-state index in [1.54, 1.807) is 0 Å². The maximum atomic E-state index is 11.0. The van der Waals surface area contributed by atoms with Gasteiger partial charge >= 0.3 is 5.97 Å². The number of nitrogens with zero attached hydrogens (tertiary/aromatic N) is 1. The lowest BCUT2D eigenvalue weighted by molar-refractivity contribution is -0.142. The molecule has 5 heteroatoms. The van der Waals surface area contributed by atoms with Gasteiger partial charge in [-0.3, -0.25) is 0 Å². The van der Waals surface area contributed by atoms with Crippen LogP contribution in [0.4, 0.5) is 0 Å². The van der Waals surface area contributed by atoms with Gasteiger partial charge in [-0.15, -0.1) is 0 Å². The van der Waals surface area contributed by atoms with Crippen LogP contribution in [0.15, 0.2) is 29.0 Å². The highest BCUT2D eigenvalue weighted by atomic mass is 16.6. The second-order valence-electron chi connectivity index (χ2n) is 9.65. The van der Waals surface area contributed by atoms with Crippen molar-refractivity contribution in [3.8, 4) is 0 Å². The van der Waals surface area contributed by atoms with Crippen molar-refractivity contribution in [3.05, 3.63) is 23.8 Å². The summed E-state index contributed by atoms with van der Waals surface area (Å²) in [5, 5.41) is 23.7. The van der Waals surface area contributed by atoms with Gasteiger partial charge < -0.3 is 15.1 Å². The van der Waals surface area contributed by atoms with Gasteiger partial charge in [-0.1, -0.05) is 30.7 Å². The van der Waals surface area contributed by atoms with Gasteiger partial charge in [0.15, 0.2) is 0 Å². The molecule has 0 aromatic heterocycles. The molecule has 4 aliphatic carbocycles. The Morgan fingerprint density at radius 1 is 1.22 bits per heavy atom. The molecule has 0 spiro atoms. The summed E-state index contributed by atoms with van der Waals surface area (Å²) in [5.74, 6) is 0.843. The number of fused-ring (bicyclic) bond motifs is 5. The van der Waals surface area contributed by atoms with E-state index in [-0.39, 0.29) is 10.8 Å². The molecule has 27 heavy (non-hydrogen) atoms. The van der Waals surface area contributed by atoms with E-state index in [9.17, 15) is 9.90 Å². The first-order valence-corrected chi connectivity index (χ1v) is 10.2. The number of carboxylic acids is 1. The average molecular weight is 373 g/mol. The van der Waals surface area contributed by atoms with Gasteiger partial charge in [0.05, 0.1) is 5.60 Å². The third-order valence-corrected chi connectivity index (χ3v) is 8.49. The molecule has 0 bridgehead atoms. The molecule has 0 aromatic rings. The molecule has 2 N–H and O–H groups in total. The van der Waals surface area contributed by atoms with Gasteiger partial charge in [0.2, 0.25) is 6.61 Å². The predicted octanol–water partition coefficient (Wildman–Crippen LogP) is 3.93. The highest BCUT2D eigenvalue weighted by Gasteiger charge is 2.61. The van der Waals surface area contributed by atoms with Crippen molar-refractivity contribution in [2.24, 2.45) is 33.7 Å². The van der Waals surface area contributed by atoms with Gasteiger partial charge in [0, 0.05) is 5.41 Å². The minimum atomic E-state index is -1.02. The SMILES string of the molecule is C[C@]12C=C/C(=N/OCC(=O)O)C=C1CC[C@@H]1[C@H]2CC[C@@]2(C)[C@@H]1CC[C@]2(C)O. The Labute approximate surface area is 161 Å². The molecular weight excluding hydrogens is 342 g/mol. The van der Waals surface area contributed by atoms with E-state index in [1.165, 1.54) is 12.0 Å². The number of carbonyl (C=O) groups is 1. The van der Waals surface area contributed by atoms with Crippen LogP contribution in [0.3, 0.4) is 0 Å². The third kappa shape index (κ3) is 2.77. The molecule has 0 aromatic carbocycles. The largest absolute Gasteiger partial charge is 0.479 e. The van der Waals surface area contributed by atoms with Crippen molar-refractivity contribution in [1.82, 2.24) is 0 Å². The molecular formula is C22H31NO4. The smallest absolute Gasteiger partial charge is 0.344 e. The predicted molar refractivity (Wildman–Crippen MR) is 103 cm³/mol. The molecule has 0 radical (unpaired) electrons. The van der Waals surface area contributed by atoms with E-state index in [0.29, 0.717) is 23.5 Å². The minimum absolute atomic E-state index is 0.0323. The topological polar surface area (TPSA) is 79.1 Å². The van der Waals surface area contributed by atoms with E-state index in [1.807, 2.05) is 13.0 Å². The fourth-order valence-corrected chi connectivity index (χ4v) is 6.67. The summed E-state index contributed by atoms with van der Waals surface area (Å²) in [5.41, 5.74) is 1.62. The zero-order valence-corrected chi connectivity index (χ0v) is 16.6. The molecule has 4 rings (SSSR count). The number of rotatable bonds is 3. The van der Waals surface area contributed by atoms with E-state index in [2.05, 4.69) is 31.2 Å². The summed E-state index contributed by atoms with van der Waals surface area (Å²) in [7, 11) is 0. The van der Waals surface area contributed by atoms with Crippen LogP contribution in [0.25, 0.3) is 0 Å². The van der Waals surface area contributed by atoms with Crippen molar-refractivity contribution in [1.29, 1.82) is 0 Å². The van der Waals surface area contributed by atoms with Crippen LogP contribution in [0.2, 0.25) is 0 Å². The lowest BCUT2D eigenvalue weighted by Crippen LogP contribution is -2.53. The quantitative estimate of drug-likeness (QED) is 0.735. The molecule has 0 amide bonds. The van der Waals surface area contributed by atoms with Gasteiger partial charge in [-0.2, -0.15) is 0 Å². The molecule has 5 nitrogen and oxygen atoms in total. The van der Waals surface area contributed by atoms with Crippen LogP contribution >= 0.6 is 0 Å². The van der Waals surface area contributed by atoms with Gasteiger partial charge in [0.25, 0.3) is 0 Å². The normalized spacial score (nSPS) is 47.0. The van der Waals surface area contributed by atoms with E-state index in [4.69, 9.17) is 9.94 Å². The van der Waals surface area contributed by atoms with Crippen LogP contribution in [-0.4, -0.2) is 34.1 Å². The molecule has 148 valence electrons. The Kier molecular flexibility index (Phi) is 4.30. The van der Waals surface area contributed by atoms with E-state index in [0.717, 1.165) is 32.1 Å². The Bertz CT molecular complexity index is 737. The Balaban J connectivity index is 1.57. The lowest BCUT2D eigenvalue weighted by Gasteiger charge is -2.58. The Morgan fingerprint density at radius 3 is 2.70 bits per heavy atom. The zero-order valence-electron chi connectivity index (χ0n) is 16.6. The molecule has 3 fully saturated rings. The van der Waals surface area contributed by atoms with Crippen molar-refractivity contribution >= 4 is 11.7 Å². The van der Waals surface area contributed by atoms with Crippen LogP contribution in [0.5, 0.6) is 0 Å². The highest BCUT2D eigenvalue weighted by Crippen LogP contribution is 2.66. The maximum Gasteiger partial charge on any atom is 0.344 e. The summed E-state index contributed by atoms with van der Waals surface area (Å²) >= 11 is 0. The Morgan fingerprint density at radius 2 is 1.96 bits per heavy atom. The number of allylic oxidation sites excluding steroid dienone is 4.